The predicted molar refractivity (Wildman–Crippen MR) is 42.6 cm³/mol. The number of aliphatic hydroxyl groups is 2. The van der Waals surface area contributed by atoms with Gasteiger partial charge in [0.2, 0.25) is 5.91 Å². The van der Waals surface area contributed by atoms with Crippen LogP contribution >= 0.6 is 0 Å². The molecule has 0 heterocycles. The Morgan fingerprint density at radius 1 is 1.33 bits per heavy atom. The summed E-state index contributed by atoms with van der Waals surface area (Å²) in [4.78, 5) is 10.5. The molecule has 0 spiro atoms. The Kier molecular flexibility index (Phi) is 7.99. The number of nitrogens with one attached hydrogen (secondary N) is 1. The molecule has 5 nitrogen and oxygen atoms in total. The molecule has 0 aromatic carbocycles. The second-order valence-corrected chi connectivity index (χ2v) is 2.20. The second-order valence-electron chi connectivity index (χ2n) is 2.20. The Hall–Kier alpha value is -0.650. The van der Waals surface area contributed by atoms with E-state index >= 15 is 0 Å². The minimum absolute atomic E-state index is 0.0169. The SMILES string of the molecule is O=C(CO)NCCCOCCO. The van der Waals surface area contributed by atoms with Gasteiger partial charge in [0.1, 0.15) is 6.61 Å². The van der Waals surface area contributed by atoms with Crippen LogP contribution in [0.15, 0.2) is 0 Å². The number of carbonyl (C=O) groups is 1. The molecule has 0 aliphatic carbocycles. The van der Waals surface area contributed by atoms with Crippen LogP contribution in [0.2, 0.25) is 0 Å². The first-order chi connectivity index (χ1) is 5.81. The van der Waals surface area contributed by atoms with Gasteiger partial charge in [-0.3, -0.25) is 4.79 Å². The second kappa shape index (κ2) is 8.45. The molecule has 72 valence electrons. The topological polar surface area (TPSA) is 78.8 Å². The largest absolute Gasteiger partial charge is 0.394 e. The van der Waals surface area contributed by atoms with E-state index in [4.69, 9.17) is 14.9 Å². The molecule has 0 atom stereocenters. The van der Waals surface area contributed by atoms with E-state index in [-0.39, 0.29) is 12.5 Å². The van der Waals surface area contributed by atoms with Gasteiger partial charge in [-0.1, -0.05) is 0 Å². The van der Waals surface area contributed by atoms with Crippen molar-refractivity contribution < 1.29 is 19.7 Å². The van der Waals surface area contributed by atoms with Crippen molar-refractivity contribution >= 4 is 5.91 Å². The average molecular weight is 177 g/mol. The number of ether oxygens (including phenoxy) is 1. The van der Waals surface area contributed by atoms with Crippen LogP contribution in [0, 0.1) is 0 Å². The van der Waals surface area contributed by atoms with Crippen molar-refractivity contribution in [2.75, 3.05) is 33.0 Å². The van der Waals surface area contributed by atoms with Crippen LogP contribution in [0.25, 0.3) is 0 Å². The number of rotatable bonds is 7. The molecule has 5 heteroatoms. The highest BCUT2D eigenvalue weighted by Crippen LogP contribution is 1.79. The summed E-state index contributed by atoms with van der Waals surface area (Å²) in [5, 5.41) is 19.1. The molecule has 0 aliphatic rings. The molecule has 0 saturated heterocycles. The third-order valence-electron chi connectivity index (χ3n) is 1.17. The average Bonchev–Trinajstić information content (AvgIpc) is 2.10. The molecular weight excluding hydrogens is 162 g/mol. The van der Waals surface area contributed by atoms with Crippen molar-refractivity contribution in [3.8, 4) is 0 Å². The Labute approximate surface area is 71.3 Å². The molecule has 0 saturated carbocycles. The third kappa shape index (κ3) is 7.46. The van der Waals surface area contributed by atoms with Gasteiger partial charge < -0.3 is 20.3 Å². The van der Waals surface area contributed by atoms with E-state index in [0.717, 1.165) is 0 Å². The Bertz CT molecular complexity index is 118. The Balaban J connectivity index is 2.95. The summed E-state index contributed by atoms with van der Waals surface area (Å²) in [5.41, 5.74) is 0. The molecule has 1 amide bonds. The van der Waals surface area contributed by atoms with Crippen molar-refractivity contribution in [2.24, 2.45) is 0 Å². The molecule has 0 rings (SSSR count). The van der Waals surface area contributed by atoms with E-state index < -0.39 is 6.61 Å². The lowest BCUT2D eigenvalue weighted by Crippen LogP contribution is -2.27. The fourth-order valence-corrected chi connectivity index (χ4v) is 0.625. The smallest absolute Gasteiger partial charge is 0.245 e. The van der Waals surface area contributed by atoms with E-state index in [9.17, 15) is 4.79 Å². The molecule has 0 fully saturated rings. The zero-order chi connectivity index (χ0) is 9.23. The number of carbonyl (C=O) groups excluding carboxylic acids is 1. The summed E-state index contributed by atoms with van der Waals surface area (Å²) in [6.07, 6.45) is 0.686. The zero-order valence-corrected chi connectivity index (χ0v) is 6.95. The fraction of sp³-hybridized carbons (Fsp3) is 0.857. The van der Waals surface area contributed by atoms with Gasteiger partial charge in [0.15, 0.2) is 0 Å². The summed E-state index contributed by atoms with van der Waals surface area (Å²) in [7, 11) is 0. The molecule has 3 N–H and O–H groups in total. The van der Waals surface area contributed by atoms with Gasteiger partial charge in [-0.05, 0) is 6.42 Å². The maximum Gasteiger partial charge on any atom is 0.245 e. The molecule has 0 unspecified atom stereocenters. The van der Waals surface area contributed by atoms with Gasteiger partial charge in [0.05, 0.1) is 13.2 Å². The van der Waals surface area contributed by atoms with E-state index in [1.165, 1.54) is 0 Å². The van der Waals surface area contributed by atoms with E-state index in [1.54, 1.807) is 0 Å². The molecule has 0 aromatic rings. The minimum atomic E-state index is -0.475. The molecule has 0 aromatic heterocycles. The van der Waals surface area contributed by atoms with Crippen LogP contribution < -0.4 is 5.32 Å². The summed E-state index contributed by atoms with van der Waals surface area (Å²) in [5.74, 6) is -0.378. The molecule has 12 heavy (non-hydrogen) atoms. The number of aliphatic hydroxyl groups excluding tert-OH is 2. The molecule has 0 bridgehead atoms. The molecule has 0 aliphatic heterocycles. The minimum Gasteiger partial charge on any atom is -0.394 e. The standard InChI is InChI=1S/C7H15NO4/c9-3-5-12-4-1-2-8-7(11)6-10/h9-10H,1-6H2,(H,8,11). The predicted octanol–water partition coefficient (Wildman–Crippen LogP) is -1.51. The first kappa shape index (κ1) is 11.4. The van der Waals surface area contributed by atoms with Crippen LogP contribution in [0.3, 0.4) is 0 Å². The van der Waals surface area contributed by atoms with E-state index in [2.05, 4.69) is 5.32 Å². The van der Waals surface area contributed by atoms with Gasteiger partial charge in [0.25, 0.3) is 0 Å². The van der Waals surface area contributed by atoms with Crippen molar-refractivity contribution in [3.63, 3.8) is 0 Å². The van der Waals surface area contributed by atoms with Crippen molar-refractivity contribution in [1.29, 1.82) is 0 Å². The van der Waals surface area contributed by atoms with E-state index in [0.29, 0.717) is 26.2 Å². The normalized spacial score (nSPS) is 9.83. The number of hydrogen-bond donors (Lipinski definition) is 3. The van der Waals surface area contributed by atoms with E-state index in [1.807, 2.05) is 0 Å². The first-order valence-corrected chi connectivity index (χ1v) is 3.87. The lowest BCUT2D eigenvalue weighted by molar-refractivity contribution is -0.123. The number of hydrogen-bond acceptors (Lipinski definition) is 4. The van der Waals surface area contributed by atoms with Gasteiger partial charge in [-0.15, -0.1) is 0 Å². The first-order valence-electron chi connectivity index (χ1n) is 3.87. The summed E-state index contributed by atoms with van der Waals surface area (Å²) >= 11 is 0. The highest BCUT2D eigenvalue weighted by molar-refractivity contribution is 5.76. The highest BCUT2D eigenvalue weighted by atomic mass is 16.5. The van der Waals surface area contributed by atoms with Crippen molar-refractivity contribution in [1.82, 2.24) is 5.32 Å². The van der Waals surface area contributed by atoms with Crippen LogP contribution in [-0.2, 0) is 9.53 Å². The maximum atomic E-state index is 10.5. The summed E-state index contributed by atoms with van der Waals surface area (Å²) in [6.45, 7) is 0.867. The lowest BCUT2D eigenvalue weighted by atomic mass is 10.4. The third-order valence-corrected chi connectivity index (χ3v) is 1.17. The zero-order valence-electron chi connectivity index (χ0n) is 6.95. The van der Waals surface area contributed by atoms with Gasteiger partial charge >= 0.3 is 0 Å². The number of amides is 1. The maximum absolute atomic E-state index is 10.5. The summed E-state index contributed by atoms with van der Waals surface area (Å²) in [6, 6.07) is 0. The van der Waals surface area contributed by atoms with Gasteiger partial charge in [-0.2, -0.15) is 0 Å². The fourth-order valence-electron chi connectivity index (χ4n) is 0.625. The van der Waals surface area contributed by atoms with Crippen molar-refractivity contribution in [2.45, 2.75) is 6.42 Å². The van der Waals surface area contributed by atoms with Crippen LogP contribution in [0.5, 0.6) is 0 Å². The van der Waals surface area contributed by atoms with Crippen LogP contribution in [-0.4, -0.2) is 49.1 Å². The monoisotopic (exact) mass is 177 g/mol. The highest BCUT2D eigenvalue weighted by Gasteiger charge is 1.95. The lowest BCUT2D eigenvalue weighted by Gasteiger charge is -2.03. The summed E-state index contributed by atoms with van der Waals surface area (Å²) < 4.78 is 4.93. The Morgan fingerprint density at radius 2 is 2.08 bits per heavy atom. The quantitative estimate of drug-likeness (QED) is 0.413. The van der Waals surface area contributed by atoms with Crippen LogP contribution in [0.1, 0.15) is 6.42 Å². The molecule has 0 radical (unpaired) electrons. The van der Waals surface area contributed by atoms with Gasteiger partial charge in [0, 0.05) is 13.2 Å². The Morgan fingerprint density at radius 3 is 2.67 bits per heavy atom. The molecular formula is C7H15NO4. The van der Waals surface area contributed by atoms with Gasteiger partial charge in [-0.25, -0.2) is 0 Å². The van der Waals surface area contributed by atoms with Crippen molar-refractivity contribution in [3.05, 3.63) is 0 Å². The van der Waals surface area contributed by atoms with Crippen LogP contribution in [0.4, 0.5) is 0 Å².